The largest absolute Gasteiger partial charge is 0.488 e. The molecule has 220 valence electrons. The number of ether oxygens (including phenoxy) is 1. The zero-order chi connectivity index (χ0) is 29.0. The first-order chi connectivity index (χ1) is 19.0. The number of anilines is 1. The number of aromatic nitrogens is 2. The summed E-state index contributed by atoms with van der Waals surface area (Å²) in [7, 11) is -0.688. The lowest BCUT2D eigenvalue weighted by Gasteiger charge is -2.33. The van der Waals surface area contributed by atoms with Crippen molar-refractivity contribution in [1.82, 2.24) is 18.8 Å². The van der Waals surface area contributed by atoms with Gasteiger partial charge >= 0.3 is 0 Å². The topological polar surface area (TPSA) is 134 Å². The molecule has 1 saturated carbocycles. The third-order valence-electron chi connectivity index (χ3n) is 7.95. The van der Waals surface area contributed by atoms with E-state index in [1.807, 2.05) is 6.92 Å². The van der Waals surface area contributed by atoms with E-state index in [1.54, 1.807) is 41.6 Å². The Morgan fingerprint density at radius 1 is 1.27 bits per heavy atom. The van der Waals surface area contributed by atoms with Gasteiger partial charge in [-0.3, -0.25) is 9.59 Å². The molecule has 12 heteroatoms. The highest BCUT2D eigenvalue weighted by Gasteiger charge is 2.34. The summed E-state index contributed by atoms with van der Waals surface area (Å²) in [6.45, 7) is 3.78. The first-order valence-corrected chi connectivity index (χ1v) is 15.4. The summed E-state index contributed by atoms with van der Waals surface area (Å²) in [6, 6.07) is 4.82. The maximum atomic E-state index is 13.4. The number of aliphatic hydroxyl groups excluding tert-OH is 1. The van der Waals surface area contributed by atoms with Crippen LogP contribution in [0.15, 0.2) is 35.7 Å². The Hall–Kier alpha value is -2.96. The minimum absolute atomic E-state index is 0.0143. The van der Waals surface area contributed by atoms with Crippen LogP contribution in [0.4, 0.5) is 5.69 Å². The van der Waals surface area contributed by atoms with Gasteiger partial charge in [0.25, 0.3) is 10.0 Å². The summed E-state index contributed by atoms with van der Waals surface area (Å²) < 4.78 is 35.6. The number of hydrogen-bond donors (Lipinski definition) is 2. The quantitative estimate of drug-likeness (QED) is 0.494. The van der Waals surface area contributed by atoms with Crippen molar-refractivity contribution in [3.05, 3.63) is 36.3 Å². The Morgan fingerprint density at radius 3 is 2.65 bits per heavy atom. The molecule has 2 amide bonds. The van der Waals surface area contributed by atoms with Crippen molar-refractivity contribution in [2.75, 3.05) is 32.1 Å². The van der Waals surface area contributed by atoms with E-state index in [4.69, 9.17) is 4.74 Å². The fourth-order valence-corrected chi connectivity index (χ4v) is 6.51. The summed E-state index contributed by atoms with van der Waals surface area (Å²) in [4.78, 5) is 31.9. The van der Waals surface area contributed by atoms with E-state index in [0.717, 1.165) is 32.1 Å². The first kappa shape index (κ1) is 30.0. The zero-order valence-electron chi connectivity index (χ0n) is 23.7. The third-order valence-corrected chi connectivity index (χ3v) is 9.66. The maximum absolute atomic E-state index is 13.4. The summed E-state index contributed by atoms with van der Waals surface area (Å²) in [5.41, 5.74) is 1.18. The van der Waals surface area contributed by atoms with E-state index in [0.29, 0.717) is 17.0 Å². The zero-order valence-corrected chi connectivity index (χ0v) is 24.6. The Kier molecular flexibility index (Phi) is 9.52. The van der Waals surface area contributed by atoms with Crippen LogP contribution in [-0.2, 0) is 33.1 Å². The molecule has 0 spiro atoms. The number of imidazole rings is 1. The molecular formula is C28H41N5O6S. The molecule has 11 nitrogen and oxygen atoms in total. The van der Waals surface area contributed by atoms with E-state index in [1.165, 1.54) is 23.9 Å². The van der Waals surface area contributed by atoms with Crippen LogP contribution in [0.3, 0.4) is 0 Å². The molecule has 2 aromatic rings. The van der Waals surface area contributed by atoms with Crippen molar-refractivity contribution in [2.24, 2.45) is 18.9 Å². The lowest BCUT2D eigenvalue weighted by molar-refractivity contribution is -0.134. The molecule has 1 aliphatic heterocycles. The highest BCUT2D eigenvalue weighted by atomic mass is 32.2. The summed E-state index contributed by atoms with van der Waals surface area (Å²) in [6.07, 6.45) is 7.30. The minimum atomic E-state index is -3.87. The second-order valence-corrected chi connectivity index (χ2v) is 13.2. The van der Waals surface area contributed by atoms with Crippen LogP contribution in [0.25, 0.3) is 0 Å². The Labute approximate surface area is 236 Å². The maximum Gasteiger partial charge on any atom is 0.261 e. The van der Waals surface area contributed by atoms with Crippen LogP contribution in [0.5, 0.6) is 5.75 Å². The van der Waals surface area contributed by atoms with Crippen molar-refractivity contribution < 1.29 is 27.9 Å². The number of carbonyl (C=O) groups is 2. The van der Waals surface area contributed by atoms with Crippen LogP contribution in [0.1, 0.15) is 51.5 Å². The normalized spacial score (nSPS) is 21.6. The van der Waals surface area contributed by atoms with Gasteiger partial charge < -0.3 is 24.6 Å². The first-order valence-electron chi connectivity index (χ1n) is 13.9. The van der Waals surface area contributed by atoms with Crippen LogP contribution < -0.4 is 10.1 Å². The molecule has 0 radical (unpaired) electrons. The summed E-state index contributed by atoms with van der Waals surface area (Å²) in [5.74, 6) is -0.0130. The van der Waals surface area contributed by atoms with E-state index in [-0.39, 0.29) is 54.8 Å². The van der Waals surface area contributed by atoms with Crippen molar-refractivity contribution >= 4 is 27.5 Å². The molecule has 2 N–H and O–H groups in total. The second-order valence-electron chi connectivity index (χ2n) is 11.2. The molecule has 1 aliphatic carbocycles. The fourth-order valence-electron chi connectivity index (χ4n) is 5.37. The third kappa shape index (κ3) is 6.84. The Bertz CT molecular complexity index is 1310. The number of likely N-dealkylation sites (N-methyl/N-ethyl adjacent to an activating group) is 1. The van der Waals surface area contributed by atoms with Crippen LogP contribution in [0, 0.1) is 11.8 Å². The van der Waals surface area contributed by atoms with Gasteiger partial charge in [0.2, 0.25) is 11.8 Å². The summed E-state index contributed by atoms with van der Waals surface area (Å²) >= 11 is 0. The molecule has 40 heavy (non-hydrogen) atoms. The second kappa shape index (κ2) is 12.7. The predicted molar refractivity (Wildman–Crippen MR) is 150 cm³/mol. The van der Waals surface area contributed by atoms with Crippen molar-refractivity contribution in [3.63, 3.8) is 0 Å². The number of hydrogen-bond acceptors (Lipinski definition) is 7. The molecule has 3 atom stereocenters. The SMILES string of the molecule is C[C@H](CO)N1C[C@H](C)[C@@H](CN(C)S(=O)(=O)c2cn(C)cn2)Oc2ccc(NC(=O)C3CCCCC3)cc2CC1=O. The van der Waals surface area contributed by atoms with Crippen LogP contribution in [-0.4, -0.2) is 83.0 Å². The van der Waals surface area contributed by atoms with Crippen LogP contribution in [0.2, 0.25) is 0 Å². The van der Waals surface area contributed by atoms with E-state index in [9.17, 15) is 23.1 Å². The molecule has 0 bridgehead atoms. The average molecular weight is 576 g/mol. The highest BCUT2D eigenvalue weighted by Crippen LogP contribution is 2.31. The number of nitrogens with one attached hydrogen (secondary N) is 1. The van der Waals surface area contributed by atoms with Gasteiger partial charge in [-0.2, -0.15) is 4.31 Å². The van der Waals surface area contributed by atoms with E-state index >= 15 is 0 Å². The standard InChI is InChI=1S/C28H41N5O6S/c1-19-14-33(20(2)17-34)27(35)13-22-12-23(30-28(36)21-8-6-5-7-9-21)10-11-24(22)39-25(19)15-32(4)40(37,38)26-16-31(3)18-29-26/h10-12,16,18-21,25,34H,5-9,13-15,17H2,1-4H3,(H,30,36)/t19-,20+,25+/m0/s1. The van der Waals surface area contributed by atoms with Gasteiger partial charge in [-0.15, -0.1) is 0 Å². The average Bonchev–Trinajstić information content (AvgIpc) is 3.40. The van der Waals surface area contributed by atoms with E-state index in [2.05, 4.69) is 10.3 Å². The smallest absolute Gasteiger partial charge is 0.261 e. The number of rotatable bonds is 8. The molecule has 2 aliphatic rings. The lowest BCUT2D eigenvalue weighted by atomic mass is 9.88. The highest BCUT2D eigenvalue weighted by molar-refractivity contribution is 7.89. The lowest BCUT2D eigenvalue weighted by Crippen LogP contribution is -2.48. The van der Waals surface area contributed by atoms with E-state index < -0.39 is 22.2 Å². The van der Waals surface area contributed by atoms with Gasteiger partial charge in [0.15, 0.2) is 5.03 Å². The van der Waals surface area contributed by atoms with Gasteiger partial charge in [0.1, 0.15) is 11.9 Å². The number of carbonyl (C=O) groups excluding carboxylic acids is 2. The number of fused-ring (bicyclic) bond motifs is 1. The molecule has 0 saturated heterocycles. The molecule has 2 heterocycles. The van der Waals surface area contributed by atoms with Gasteiger partial charge in [0.05, 0.1) is 31.9 Å². The van der Waals surface area contributed by atoms with Gasteiger partial charge in [0, 0.05) is 49.9 Å². The molecule has 1 aromatic carbocycles. The van der Waals surface area contributed by atoms with Gasteiger partial charge in [-0.05, 0) is 38.0 Å². The Morgan fingerprint density at radius 2 is 2.00 bits per heavy atom. The fraction of sp³-hybridized carbons (Fsp3) is 0.607. The number of aryl methyl sites for hydroxylation is 1. The van der Waals surface area contributed by atoms with Crippen molar-refractivity contribution in [3.8, 4) is 5.75 Å². The molecule has 0 unspecified atom stereocenters. The monoisotopic (exact) mass is 575 g/mol. The predicted octanol–water partition coefficient (Wildman–Crippen LogP) is 2.41. The number of amides is 2. The summed E-state index contributed by atoms with van der Waals surface area (Å²) in [5, 5.41) is 12.8. The van der Waals surface area contributed by atoms with Gasteiger partial charge in [-0.25, -0.2) is 13.4 Å². The minimum Gasteiger partial charge on any atom is -0.488 e. The van der Waals surface area contributed by atoms with Gasteiger partial charge in [-0.1, -0.05) is 26.2 Å². The number of nitrogens with zero attached hydrogens (tertiary/aromatic N) is 4. The molecule has 1 aromatic heterocycles. The molecule has 1 fully saturated rings. The number of benzene rings is 1. The van der Waals surface area contributed by atoms with Crippen molar-refractivity contribution in [1.29, 1.82) is 0 Å². The number of sulfonamides is 1. The van der Waals surface area contributed by atoms with Crippen molar-refractivity contribution in [2.45, 2.75) is 69.5 Å². The molecule has 4 rings (SSSR count). The molecular weight excluding hydrogens is 534 g/mol. The Balaban J connectivity index is 1.62. The number of aliphatic hydroxyl groups is 1. The van der Waals surface area contributed by atoms with Crippen LogP contribution >= 0.6 is 0 Å².